The largest absolute Gasteiger partial charge is 0.508 e. The van der Waals surface area contributed by atoms with Crippen molar-refractivity contribution in [1.82, 2.24) is 4.90 Å². The Morgan fingerprint density at radius 1 is 0.786 bits per heavy atom. The van der Waals surface area contributed by atoms with Gasteiger partial charge in [-0.05, 0) is 86.0 Å². The average molecular weight is 774 g/mol. The first kappa shape index (κ1) is 40.1. The molecule has 14 heteroatoms. The SMILES string of the molecule is COC(=O)[C@H]1O[C@@H](Oc2ccc(C3=C(C)c4ccc(O)cc4O[C@H]3c3ccc(OCCN4CCCCC4)cc3)cc2)[C@H](OC(C)=O)[C@@H](OC(C)=O)[C@@H]1OC(C)=O. The van der Waals surface area contributed by atoms with Gasteiger partial charge in [-0.15, -0.1) is 0 Å². The van der Waals surface area contributed by atoms with Crippen LogP contribution in [0.2, 0.25) is 0 Å². The Balaban J connectivity index is 1.27. The van der Waals surface area contributed by atoms with Gasteiger partial charge in [-0.1, -0.05) is 30.7 Å². The quantitative estimate of drug-likeness (QED) is 0.184. The van der Waals surface area contributed by atoms with Crippen molar-refractivity contribution in [3.8, 4) is 23.0 Å². The molecular weight excluding hydrogens is 726 g/mol. The van der Waals surface area contributed by atoms with Crippen molar-refractivity contribution in [2.45, 2.75) is 83.8 Å². The van der Waals surface area contributed by atoms with Gasteiger partial charge in [0, 0.05) is 44.5 Å². The van der Waals surface area contributed by atoms with Gasteiger partial charge < -0.3 is 43.0 Å². The summed E-state index contributed by atoms with van der Waals surface area (Å²) < 4.78 is 45.9. The van der Waals surface area contributed by atoms with Crippen LogP contribution in [0.25, 0.3) is 11.1 Å². The molecule has 0 aliphatic carbocycles. The second-order valence-corrected chi connectivity index (χ2v) is 13.8. The van der Waals surface area contributed by atoms with E-state index in [1.807, 2.05) is 49.4 Å². The van der Waals surface area contributed by atoms with Crippen LogP contribution < -0.4 is 14.2 Å². The number of allylic oxidation sites excluding steroid dienone is 1. The fourth-order valence-corrected chi connectivity index (χ4v) is 7.28. The zero-order valence-corrected chi connectivity index (χ0v) is 32.1. The van der Waals surface area contributed by atoms with Gasteiger partial charge in [-0.25, -0.2) is 4.79 Å². The highest BCUT2D eigenvalue weighted by Gasteiger charge is 2.56. The summed E-state index contributed by atoms with van der Waals surface area (Å²) in [7, 11) is 1.11. The molecule has 6 atom stereocenters. The fourth-order valence-electron chi connectivity index (χ4n) is 7.28. The average Bonchev–Trinajstić information content (AvgIpc) is 3.17. The van der Waals surface area contributed by atoms with Crippen LogP contribution in [0.3, 0.4) is 0 Å². The van der Waals surface area contributed by atoms with E-state index in [4.69, 9.17) is 37.9 Å². The van der Waals surface area contributed by atoms with Gasteiger partial charge in [0.1, 0.15) is 35.7 Å². The van der Waals surface area contributed by atoms with Gasteiger partial charge in [-0.3, -0.25) is 19.3 Å². The predicted octanol–water partition coefficient (Wildman–Crippen LogP) is 5.39. The molecule has 1 N–H and O–H groups in total. The zero-order chi connectivity index (χ0) is 39.9. The van der Waals surface area contributed by atoms with Crippen molar-refractivity contribution in [2.75, 3.05) is 33.4 Å². The van der Waals surface area contributed by atoms with E-state index in [2.05, 4.69) is 4.90 Å². The second kappa shape index (κ2) is 17.9. The van der Waals surface area contributed by atoms with Crippen LogP contribution in [0.5, 0.6) is 23.0 Å². The number of carbonyl (C=O) groups excluding carboxylic acids is 4. The molecule has 0 unspecified atom stereocenters. The minimum atomic E-state index is -1.59. The van der Waals surface area contributed by atoms with Crippen LogP contribution in [0, 0.1) is 0 Å². The van der Waals surface area contributed by atoms with Crippen LogP contribution in [-0.4, -0.2) is 97.9 Å². The normalized spacial score (nSPS) is 23.5. The number of fused-ring (bicyclic) bond motifs is 1. The number of phenolic OH excluding ortho intramolecular Hbond substituents is 1. The second-order valence-electron chi connectivity index (χ2n) is 13.8. The maximum atomic E-state index is 12.9. The van der Waals surface area contributed by atoms with Crippen molar-refractivity contribution < 1.29 is 62.2 Å². The number of aromatic hydroxyl groups is 1. The van der Waals surface area contributed by atoms with Crippen LogP contribution >= 0.6 is 0 Å². The standard InChI is InChI=1S/C42H47NO13/c1-24-33-18-13-30(47)23-34(33)55-36(29-11-14-31(15-12-29)50-22-21-43-19-7-6-8-20-43)35(24)28-9-16-32(17-10-28)54-42-40(53-27(4)46)38(52-26(3)45)37(51-25(2)44)39(56-42)41(48)49-5/h9-18,23,36-40,42,47H,6-8,19-22H2,1-5H3/t36-,37-,38-,39-,40+,42+/m0/s1. The Morgan fingerprint density at radius 3 is 2.05 bits per heavy atom. The molecule has 3 aromatic carbocycles. The lowest BCUT2D eigenvalue weighted by Gasteiger charge is -2.43. The molecule has 0 bridgehead atoms. The lowest BCUT2D eigenvalue weighted by atomic mass is 9.86. The summed E-state index contributed by atoms with van der Waals surface area (Å²) in [5, 5.41) is 10.3. The fraction of sp³-hybridized carbons (Fsp3) is 0.429. The molecule has 2 saturated heterocycles. The van der Waals surface area contributed by atoms with Crippen molar-refractivity contribution in [3.63, 3.8) is 0 Å². The topological polar surface area (TPSA) is 166 Å². The number of phenols is 1. The first-order valence-electron chi connectivity index (χ1n) is 18.6. The monoisotopic (exact) mass is 773 g/mol. The van der Waals surface area contributed by atoms with Gasteiger partial charge in [-0.2, -0.15) is 0 Å². The highest BCUT2D eigenvalue weighted by molar-refractivity contribution is 5.95. The molecular formula is C42H47NO13. The number of esters is 4. The number of likely N-dealkylation sites (tertiary alicyclic amines) is 1. The predicted molar refractivity (Wildman–Crippen MR) is 201 cm³/mol. The van der Waals surface area contributed by atoms with E-state index in [-0.39, 0.29) is 11.5 Å². The molecule has 3 aliphatic rings. The Kier molecular flexibility index (Phi) is 12.8. The number of hydrogen-bond donors (Lipinski definition) is 1. The molecule has 3 aromatic rings. The summed E-state index contributed by atoms with van der Waals surface area (Å²) in [6.45, 7) is 9.03. The smallest absolute Gasteiger partial charge is 0.339 e. The van der Waals surface area contributed by atoms with E-state index < -0.39 is 60.7 Å². The molecule has 2 fully saturated rings. The molecule has 3 heterocycles. The van der Waals surface area contributed by atoms with Gasteiger partial charge in [0.05, 0.1) is 7.11 Å². The van der Waals surface area contributed by atoms with Crippen LogP contribution in [0.15, 0.2) is 66.7 Å². The first-order valence-corrected chi connectivity index (χ1v) is 18.6. The molecule has 0 spiro atoms. The highest BCUT2D eigenvalue weighted by atomic mass is 16.7. The molecule has 14 nitrogen and oxygen atoms in total. The van der Waals surface area contributed by atoms with E-state index in [1.54, 1.807) is 24.3 Å². The number of carbonyl (C=O) groups is 4. The molecule has 0 amide bonds. The molecule has 298 valence electrons. The van der Waals surface area contributed by atoms with Gasteiger partial charge >= 0.3 is 23.9 Å². The molecule has 56 heavy (non-hydrogen) atoms. The third-order valence-electron chi connectivity index (χ3n) is 9.84. The summed E-state index contributed by atoms with van der Waals surface area (Å²) in [5.41, 5.74) is 4.27. The maximum absolute atomic E-state index is 12.9. The Hall–Kier alpha value is -5.60. The number of piperidine rings is 1. The van der Waals surface area contributed by atoms with E-state index in [0.717, 1.165) is 81.1 Å². The van der Waals surface area contributed by atoms with Crippen molar-refractivity contribution in [2.24, 2.45) is 0 Å². The van der Waals surface area contributed by atoms with Crippen LogP contribution in [0.4, 0.5) is 0 Å². The van der Waals surface area contributed by atoms with E-state index in [9.17, 15) is 24.3 Å². The molecule has 6 rings (SSSR count). The van der Waals surface area contributed by atoms with Crippen molar-refractivity contribution in [3.05, 3.63) is 83.4 Å². The molecule has 0 aromatic heterocycles. The maximum Gasteiger partial charge on any atom is 0.339 e. The van der Waals surface area contributed by atoms with Gasteiger partial charge in [0.15, 0.2) is 18.3 Å². The van der Waals surface area contributed by atoms with E-state index >= 15 is 0 Å². The summed E-state index contributed by atoms with van der Waals surface area (Å²) in [4.78, 5) is 51.8. The number of nitrogens with zero attached hydrogens (tertiary/aromatic N) is 1. The third-order valence-corrected chi connectivity index (χ3v) is 9.84. The van der Waals surface area contributed by atoms with E-state index in [1.165, 1.54) is 19.3 Å². The number of hydrogen-bond acceptors (Lipinski definition) is 14. The number of rotatable bonds is 12. The Bertz CT molecular complexity index is 1920. The summed E-state index contributed by atoms with van der Waals surface area (Å²) in [5.74, 6) is -1.68. The zero-order valence-electron chi connectivity index (χ0n) is 32.1. The van der Waals surface area contributed by atoms with Crippen LogP contribution in [0.1, 0.15) is 69.8 Å². The summed E-state index contributed by atoms with van der Waals surface area (Å²) >= 11 is 0. The Labute approximate surface area is 325 Å². The molecule has 0 radical (unpaired) electrons. The molecule has 3 aliphatic heterocycles. The Morgan fingerprint density at radius 2 is 1.41 bits per heavy atom. The summed E-state index contributed by atoms with van der Waals surface area (Å²) in [6, 6.07) is 19.8. The molecule has 0 saturated carbocycles. The first-order chi connectivity index (χ1) is 26.9. The van der Waals surface area contributed by atoms with Crippen LogP contribution in [-0.2, 0) is 42.9 Å². The minimum absolute atomic E-state index is 0.0826. The highest BCUT2D eigenvalue weighted by Crippen LogP contribution is 2.48. The number of benzene rings is 3. The van der Waals surface area contributed by atoms with Gasteiger partial charge in [0.2, 0.25) is 12.4 Å². The minimum Gasteiger partial charge on any atom is -0.508 e. The third kappa shape index (κ3) is 9.43. The lowest BCUT2D eigenvalue weighted by Crippen LogP contribution is -2.64. The van der Waals surface area contributed by atoms with Gasteiger partial charge in [0.25, 0.3) is 0 Å². The van der Waals surface area contributed by atoms with E-state index in [0.29, 0.717) is 12.4 Å². The number of ether oxygens (including phenoxy) is 8. The summed E-state index contributed by atoms with van der Waals surface area (Å²) in [6.07, 6.45) is -4.37. The van der Waals surface area contributed by atoms with Crippen molar-refractivity contribution in [1.29, 1.82) is 0 Å². The van der Waals surface area contributed by atoms with Crippen molar-refractivity contribution >= 4 is 35.0 Å². The number of methoxy groups -OCH3 is 1. The lowest BCUT2D eigenvalue weighted by molar-refractivity contribution is -0.282.